The fourth-order valence-electron chi connectivity index (χ4n) is 3.02. The van der Waals surface area contributed by atoms with Crippen molar-refractivity contribution in [2.45, 2.75) is 18.9 Å². The van der Waals surface area contributed by atoms with E-state index in [0.29, 0.717) is 0 Å². The van der Waals surface area contributed by atoms with Gasteiger partial charge in [0.15, 0.2) is 5.96 Å². The van der Waals surface area contributed by atoms with Gasteiger partial charge in [-0.1, -0.05) is 12.1 Å². The van der Waals surface area contributed by atoms with Crippen molar-refractivity contribution in [2.75, 3.05) is 58.4 Å². The Morgan fingerprint density at radius 1 is 1.22 bits per heavy atom. The number of thioether (sulfide) groups is 1. The molecule has 1 aliphatic heterocycles. The number of morpholine rings is 1. The Balaban J connectivity index is 0.00000364. The van der Waals surface area contributed by atoms with E-state index >= 15 is 0 Å². The van der Waals surface area contributed by atoms with E-state index in [-0.39, 0.29) is 35.8 Å². The van der Waals surface area contributed by atoms with Crippen LogP contribution < -0.4 is 10.6 Å². The first kappa shape index (κ1) is 24.5. The molecule has 0 saturated carbocycles. The lowest BCUT2D eigenvalue weighted by Gasteiger charge is -2.35. The molecular formula is C19H32FIN4OS. The molecule has 8 heteroatoms. The number of benzene rings is 1. The molecule has 2 N–H and O–H groups in total. The van der Waals surface area contributed by atoms with Crippen LogP contribution in [0.3, 0.4) is 0 Å². The molecule has 5 nitrogen and oxygen atoms in total. The Kier molecular flexibility index (Phi) is 13.1. The topological polar surface area (TPSA) is 48.9 Å². The molecule has 154 valence electrons. The minimum atomic E-state index is -0.204. The fraction of sp³-hybridized carbons (Fsp3) is 0.632. The average Bonchev–Trinajstić information content (AvgIpc) is 2.68. The van der Waals surface area contributed by atoms with Gasteiger partial charge >= 0.3 is 0 Å². The molecule has 0 bridgehead atoms. The quantitative estimate of drug-likeness (QED) is 0.232. The van der Waals surface area contributed by atoms with Gasteiger partial charge in [-0.2, -0.15) is 11.8 Å². The predicted molar refractivity (Wildman–Crippen MR) is 124 cm³/mol. The zero-order valence-electron chi connectivity index (χ0n) is 16.2. The van der Waals surface area contributed by atoms with Crippen LogP contribution in [0, 0.1) is 5.82 Å². The second-order valence-electron chi connectivity index (χ2n) is 6.30. The lowest BCUT2D eigenvalue weighted by molar-refractivity contribution is 0.0170. The van der Waals surface area contributed by atoms with Crippen molar-refractivity contribution in [3.05, 3.63) is 35.6 Å². The van der Waals surface area contributed by atoms with Gasteiger partial charge in [0.05, 0.1) is 19.3 Å². The minimum Gasteiger partial charge on any atom is -0.379 e. The van der Waals surface area contributed by atoms with Crippen molar-refractivity contribution in [3.63, 3.8) is 0 Å². The van der Waals surface area contributed by atoms with Crippen LogP contribution in [0.15, 0.2) is 29.3 Å². The van der Waals surface area contributed by atoms with E-state index in [9.17, 15) is 4.39 Å². The van der Waals surface area contributed by atoms with E-state index in [1.54, 1.807) is 7.05 Å². The number of ether oxygens (including phenoxy) is 1. The molecular weight excluding hydrogens is 478 g/mol. The van der Waals surface area contributed by atoms with Gasteiger partial charge in [0, 0.05) is 33.2 Å². The number of rotatable bonds is 9. The van der Waals surface area contributed by atoms with Gasteiger partial charge in [-0.05, 0) is 42.5 Å². The summed E-state index contributed by atoms with van der Waals surface area (Å²) >= 11 is 1.88. The third-order valence-corrected chi connectivity index (χ3v) is 5.19. The maximum Gasteiger partial charge on any atom is 0.191 e. The second-order valence-corrected chi connectivity index (χ2v) is 7.28. The second kappa shape index (κ2) is 14.4. The third kappa shape index (κ3) is 8.97. The first-order valence-corrected chi connectivity index (χ1v) is 10.6. The molecule has 1 saturated heterocycles. The van der Waals surface area contributed by atoms with E-state index in [0.717, 1.165) is 57.3 Å². The highest BCUT2D eigenvalue weighted by atomic mass is 127. The Bertz CT molecular complexity index is 541. The molecule has 0 aromatic heterocycles. The summed E-state index contributed by atoms with van der Waals surface area (Å²) in [6, 6.07) is 6.96. The molecule has 0 amide bonds. The van der Waals surface area contributed by atoms with Crippen molar-refractivity contribution >= 4 is 41.7 Å². The van der Waals surface area contributed by atoms with E-state index in [1.807, 2.05) is 23.9 Å². The highest BCUT2D eigenvalue weighted by Crippen LogP contribution is 2.21. The maximum atomic E-state index is 13.3. The summed E-state index contributed by atoms with van der Waals surface area (Å²) in [5, 5.41) is 6.80. The van der Waals surface area contributed by atoms with Crippen LogP contribution in [0.25, 0.3) is 0 Å². The highest BCUT2D eigenvalue weighted by Gasteiger charge is 2.22. The molecule has 1 aromatic rings. The smallest absolute Gasteiger partial charge is 0.191 e. The van der Waals surface area contributed by atoms with Gasteiger partial charge < -0.3 is 15.4 Å². The van der Waals surface area contributed by atoms with Crippen LogP contribution >= 0.6 is 35.7 Å². The fourth-order valence-corrected chi connectivity index (χ4v) is 3.52. The Morgan fingerprint density at radius 3 is 2.56 bits per heavy atom. The summed E-state index contributed by atoms with van der Waals surface area (Å²) < 4.78 is 18.8. The Morgan fingerprint density at radius 2 is 1.93 bits per heavy atom. The summed E-state index contributed by atoms with van der Waals surface area (Å²) in [4.78, 5) is 6.70. The van der Waals surface area contributed by atoms with E-state index < -0.39 is 0 Å². The molecule has 1 aromatic carbocycles. The standard InChI is InChI=1S/C19H31FN4OS.HI/c1-21-19(22-9-3-4-14-26-2)23-15-18(24-10-12-25-13-11-24)16-5-7-17(20)8-6-16;/h5-8,18H,3-4,9-15H2,1-2H3,(H2,21,22,23);1H. The Labute approximate surface area is 183 Å². The largest absolute Gasteiger partial charge is 0.379 e. The number of guanidine groups is 1. The number of nitrogens with zero attached hydrogens (tertiary/aromatic N) is 2. The van der Waals surface area contributed by atoms with Gasteiger partial charge in [-0.15, -0.1) is 24.0 Å². The lowest BCUT2D eigenvalue weighted by atomic mass is 10.0. The number of nitrogens with one attached hydrogen (secondary N) is 2. The number of unbranched alkanes of at least 4 members (excludes halogenated alkanes) is 1. The highest BCUT2D eigenvalue weighted by molar-refractivity contribution is 14.0. The molecule has 27 heavy (non-hydrogen) atoms. The van der Waals surface area contributed by atoms with Gasteiger partial charge in [0.25, 0.3) is 0 Å². The molecule has 0 aliphatic carbocycles. The van der Waals surface area contributed by atoms with Gasteiger partial charge in [-0.25, -0.2) is 4.39 Å². The molecule has 1 atom stereocenters. The van der Waals surface area contributed by atoms with Gasteiger partial charge in [-0.3, -0.25) is 9.89 Å². The summed E-state index contributed by atoms with van der Waals surface area (Å²) in [6.45, 7) is 4.87. The van der Waals surface area contributed by atoms with Crippen molar-refractivity contribution in [1.29, 1.82) is 0 Å². The number of hydrogen-bond donors (Lipinski definition) is 2. The predicted octanol–water partition coefficient (Wildman–Crippen LogP) is 3.13. The van der Waals surface area contributed by atoms with Crippen molar-refractivity contribution in [3.8, 4) is 0 Å². The van der Waals surface area contributed by atoms with Gasteiger partial charge in [0.1, 0.15) is 5.82 Å². The summed E-state index contributed by atoms with van der Waals surface area (Å²) in [5.74, 6) is 1.80. The maximum absolute atomic E-state index is 13.3. The van der Waals surface area contributed by atoms with Crippen molar-refractivity contribution in [2.24, 2.45) is 4.99 Å². The van der Waals surface area contributed by atoms with E-state index in [1.165, 1.54) is 24.3 Å². The monoisotopic (exact) mass is 510 g/mol. The molecule has 0 spiro atoms. The zero-order chi connectivity index (χ0) is 18.6. The summed E-state index contributed by atoms with van der Waals surface area (Å²) in [7, 11) is 1.79. The first-order chi connectivity index (χ1) is 12.7. The third-order valence-electron chi connectivity index (χ3n) is 4.50. The van der Waals surface area contributed by atoms with Crippen LogP contribution in [-0.2, 0) is 4.74 Å². The van der Waals surface area contributed by atoms with Crippen LogP contribution in [0.1, 0.15) is 24.4 Å². The number of hydrogen-bond acceptors (Lipinski definition) is 4. The van der Waals surface area contributed by atoms with Crippen molar-refractivity contribution in [1.82, 2.24) is 15.5 Å². The molecule has 2 rings (SSSR count). The van der Waals surface area contributed by atoms with Crippen LogP contribution in [-0.4, -0.2) is 69.3 Å². The summed E-state index contributed by atoms with van der Waals surface area (Å²) in [6.07, 6.45) is 4.47. The molecule has 1 unspecified atom stereocenters. The minimum absolute atomic E-state index is 0. The van der Waals surface area contributed by atoms with Crippen LogP contribution in [0.4, 0.5) is 4.39 Å². The normalized spacial score (nSPS) is 16.5. The number of halogens is 2. The van der Waals surface area contributed by atoms with Crippen LogP contribution in [0.2, 0.25) is 0 Å². The SMILES string of the molecule is CN=C(NCCCCSC)NCC(c1ccc(F)cc1)N1CCOCC1.I. The number of aliphatic imine (C=N–C) groups is 1. The zero-order valence-corrected chi connectivity index (χ0v) is 19.4. The molecule has 0 radical (unpaired) electrons. The summed E-state index contributed by atoms with van der Waals surface area (Å²) in [5.41, 5.74) is 1.11. The van der Waals surface area contributed by atoms with Crippen LogP contribution in [0.5, 0.6) is 0 Å². The lowest BCUT2D eigenvalue weighted by Crippen LogP contribution is -2.46. The molecule has 1 fully saturated rings. The van der Waals surface area contributed by atoms with E-state index in [2.05, 4.69) is 26.8 Å². The Hall–Kier alpha value is -0.580. The first-order valence-electron chi connectivity index (χ1n) is 9.25. The molecule has 1 heterocycles. The molecule has 1 aliphatic rings. The van der Waals surface area contributed by atoms with E-state index in [4.69, 9.17) is 4.74 Å². The van der Waals surface area contributed by atoms with Crippen molar-refractivity contribution < 1.29 is 9.13 Å². The average molecular weight is 510 g/mol. The van der Waals surface area contributed by atoms with Gasteiger partial charge in [0.2, 0.25) is 0 Å².